The molecule has 0 spiro atoms. The van der Waals surface area contributed by atoms with E-state index in [0.717, 1.165) is 6.26 Å². The van der Waals surface area contributed by atoms with Gasteiger partial charge in [-0.05, 0) is 17.7 Å². The minimum absolute atomic E-state index is 0.113. The van der Waals surface area contributed by atoms with Crippen LogP contribution in [0.25, 0.3) is 0 Å². The quantitative estimate of drug-likeness (QED) is 0.790. The molecule has 0 aliphatic carbocycles. The van der Waals surface area contributed by atoms with Crippen LogP contribution in [0, 0.1) is 0 Å². The van der Waals surface area contributed by atoms with Gasteiger partial charge in [-0.15, -0.1) is 0 Å². The second-order valence-corrected chi connectivity index (χ2v) is 6.48. The van der Waals surface area contributed by atoms with Crippen molar-refractivity contribution in [2.75, 3.05) is 12.9 Å². The van der Waals surface area contributed by atoms with Crippen molar-refractivity contribution < 1.29 is 22.4 Å². The summed E-state index contributed by atoms with van der Waals surface area (Å²) in [7, 11) is -3.33. The summed E-state index contributed by atoms with van der Waals surface area (Å²) < 4.78 is 35.6. The maximum atomic E-state index is 12.9. The minimum atomic E-state index is -3.33. The third-order valence-electron chi connectivity index (χ3n) is 2.83. The van der Waals surface area contributed by atoms with Gasteiger partial charge in [-0.1, -0.05) is 12.1 Å². The molecule has 0 unspecified atom stereocenters. The lowest BCUT2D eigenvalue weighted by Crippen LogP contribution is -2.40. The van der Waals surface area contributed by atoms with Crippen molar-refractivity contribution in [2.24, 2.45) is 0 Å². The van der Waals surface area contributed by atoms with Crippen LogP contribution in [0.15, 0.2) is 29.2 Å². The summed E-state index contributed by atoms with van der Waals surface area (Å²) in [5.74, 6) is -1.30. The minimum Gasteiger partial charge on any atom is -0.350 e. The maximum absolute atomic E-state index is 12.9. The Labute approximate surface area is 117 Å². The third-order valence-corrected chi connectivity index (χ3v) is 3.96. The fourth-order valence-electron chi connectivity index (χ4n) is 1.83. The highest BCUT2D eigenvalue weighted by Gasteiger charge is 2.24. The van der Waals surface area contributed by atoms with E-state index >= 15 is 0 Å². The summed E-state index contributed by atoms with van der Waals surface area (Å²) in [5, 5.41) is 2.36. The zero-order chi connectivity index (χ0) is 15.3. The number of alkyl halides is 1. The molecule has 0 aliphatic rings. The number of hydrogen-bond donors (Lipinski definition) is 1. The molecule has 0 aliphatic heterocycles. The standard InChI is InChI=1S/C13H16FNO4S/c1-9(17)15-13(7-14)12(8-16)10-3-5-11(6-4-10)20(2,18)19/h3-6,8,12-13H,7H2,1-2H3,(H,15,17)/t12-,13-/m1/s1. The number of carbonyl (C=O) groups excluding carboxylic acids is 2. The normalized spacial score (nSPS) is 14.3. The van der Waals surface area contributed by atoms with E-state index in [1.54, 1.807) is 0 Å². The fraction of sp³-hybridized carbons (Fsp3) is 0.385. The second-order valence-electron chi connectivity index (χ2n) is 4.46. The molecule has 20 heavy (non-hydrogen) atoms. The maximum Gasteiger partial charge on any atom is 0.217 e. The van der Waals surface area contributed by atoms with Gasteiger partial charge in [-0.2, -0.15) is 0 Å². The van der Waals surface area contributed by atoms with Gasteiger partial charge in [0, 0.05) is 13.2 Å². The van der Waals surface area contributed by atoms with Gasteiger partial charge >= 0.3 is 0 Å². The van der Waals surface area contributed by atoms with E-state index in [4.69, 9.17) is 0 Å². The van der Waals surface area contributed by atoms with E-state index < -0.39 is 34.4 Å². The summed E-state index contributed by atoms with van der Waals surface area (Å²) >= 11 is 0. The van der Waals surface area contributed by atoms with Crippen LogP contribution in [-0.4, -0.2) is 39.6 Å². The van der Waals surface area contributed by atoms with Crippen LogP contribution in [0.2, 0.25) is 0 Å². The van der Waals surface area contributed by atoms with Crippen molar-refractivity contribution in [3.63, 3.8) is 0 Å². The number of sulfone groups is 1. The molecule has 1 rings (SSSR count). The van der Waals surface area contributed by atoms with E-state index in [9.17, 15) is 22.4 Å². The second kappa shape index (κ2) is 6.60. The van der Waals surface area contributed by atoms with Gasteiger partial charge in [0.05, 0.1) is 16.9 Å². The van der Waals surface area contributed by atoms with Gasteiger partial charge < -0.3 is 10.1 Å². The van der Waals surface area contributed by atoms with Crippen LogP contribution in [0.1, 0.15) is 18.4 Å². The number of nitrogens with one attached hydrogen (secondary N) is 1. The molecule has 1 N–H and O–H groups in total. The molecule has 0 radical (unpaired) electrons. The lowest BCUT2D eigenvalue weighted by Gasteiger charge is -2.21. The highest BCUT2D eigenvalue weighted by molar-refractivity contribution is 7.90. The van der Waals surface area contributed by atoms with Gasteiger partial charge in [0.2, 0.25) is 5.91 Å². The number of aldehydes is 1. The number of rotatable bonds is 6. The summed E-state index contributed by atoms with van der Waals surface area (Å²) in [6.07, 6.45) is 1.61. The monoisotopic (exact) mass is 301 g/mol. The van der Waals surface area contributed by atoms with E-state index in [2.05, 4.69) is 5.32 Å². The van der Waals surface area contributed by atoms with Crippen LogP contribution >= 0.6 is 0 Å². The molecule has 0 bridgehead atoms. The molecule has 1 aromatic rings. The molecule has 1 amide bonds. The summed E-state index contributed by atoms with van der Waals surface area (Å²) in [5.41, 5.74) is 0.448. The molecule has 0 aromatic heterocycles. The predicted octanol–water partition coefficient (Wildman–Crippen LogP) is 0.847. The van der Waals surface area contributed by atoms with Crippen LogP contribution in [-0.2, 0) is 19.4 Å². The number of halogens is 1. The molecule has 5 nitrogen and oxygen atoms in total. The van der Waals surface area contributed by atoms with Crippen LogP contribution in [0.4, 0.5) is 4.39 Å². The Hall–Kier alpha value is -1.76. The lowest BCUT2D eigenvalue weighted by molar-refractivity contribution is -0.120. The van der Waals surface area contributed by atoms with Gasteiger partial charge in [-0.3, -0.25) is 4.79 Å². The van der Waals surface area contributed by atoms with Crippen LogP contribution in [0.3, 0.4) is 0 Å². The first-order valence-corrected chi connectivity index (χ1v) is 7.77. The van der Waals surface area contributed by atoms with Gasteiger partial charge in [0.15, 0.2) is 9.84 Å². The van der Waals surface area contributed by atoms with Crippen molar-refractivity contribution in [1.29, 1.82) is 0 Å². The lowest BCUT2D eigenvalue weighted by atomic mass is 9.93. The number of carbonyl (C=O) groups is 2. The first-order valence-electron chi connectivity index (χ1n) is 5.88. The topological polar surface area (TPSA) is 80.3 Å². The van der Waals surface area contributed by atoms with Gasteiger partial charge in [0.25, 0.3) is 0 Å². The average molecular weight is 301 g/mol. The fourth-order valence-corrected chi connectivity index (χ4v) is 2.46. The number of benzene rings is 1. The Bertz CT molecular complexity index is 583. The smallest absolute Gasteiger partial charge is 0.217 e. The van der Waals surface area contributed by atoms with Gasteiger partial charge in [0.1, 0.15) is 13.0 Å². The molecule has 1 aromatic carbocycles. The Morgan fingerprint density at radius 3 is 2.25 bits per heavy atom. The Balaban J connectivity index is 3.06. The molecular weight excluding hydrogens is 285 g/mol. The summed E-state index contributed by atoms with van der Waals surface area (Å²) in [6, 6.07) is 4.63. The highest BCUT2D eigenvalue weighted by atomic mass is 32.2. The summed E-state index contributed by atoms with van der Waals surface area (Å²) in [4.78, 5) is 22.2. The molecule has 7 heteroatoms. The van der Waals surface area contributed by atoms with Crippen molar-refractivity contribution in [1.82, 2.24) is 5.32 Å². The van der Waals surface area contributed by atoms with Crippen molar-refractivity contribution in [3.05, 3.63) is 29.8 Å². The molecule has 0 saturated heterocycles. The average Bonchev–Trinajstić information content (AvgIpc) is 2.37. The third kappa shape index (κ3) is 4.12. The molecular formula is C13H16FNO4S. The Morgan fingerprint density at radius 1 is 1.35 bits per heavy atom. The molecule has 0 fully saturated rings. The first-order chi connectivity index (χ1) is 9.29. The SMILES string of the molecule is CC(=O)N[C@H](CF)[C@H](C=O)c1ccc(S(C)(=O)=O)cc1. The van der Waals surface area contributed by atoms with Crippen molar-refractivity contribution in [2.45, 2.75) is 23.8 Å². The largest absolute Gasteiger partial charge is 0.350 e. The van der Waals surface area contributed by atoms with Crippen LogP contribution < -0.4 is 5.32 Å². The molecule has 110 valence electrons. The highest BCUT2D eigenvalue weighted by Crippen LogP contribution is 2.20. The zero-order valence-electron chi connectivity index (χ0n) is 11.2. The number of amides is 1. The number of hydrogen-bond acceptors (Lipinski definition) is 4. The van der Waals surface area contributed by atoms with E-state index in [1.165, 1.54) is 31.2 Å². The molecule has 0 saturated carbocycles. The van der Waals surface area contributed by atoms with Crippen molar-refractivity contribution >= 4 is 22.0 Å². The van der Waals surface area contributed by atoms with E-state index in [0.29, 0.717) is 11.8 Å². The summed E-state index contributed by atoms with van der Waals surface area (Å²) in [6.45, 7) is 0.341. The Kier molecular flexibility index (Phi) is 5.38. The van der Waals surface area contributed by atoms with Gasteiger partial charge in [-0.25, -0.2) is 12.8 Å². The molecule has 2 atom stereocenters. The van der Waals surface area contributed by atoms with E-state index in [1.807, 2.05) is 0 Å². The van der Waals surface area contributed by atoms with Crippen molar-refractivity contribution in [3.8, 4) is 0 Å². The molecule has 0 heterocycles. The van der Waals surface area contributed by atoms with E-state index in [-0.39, 0.29) is 4.90 Å². The first kappa shape index (κ1) is 16.3. The zero-order valence-corrected chi connectivity index (χ0v) is 12.0. The Morgan fingerprint density at radius 2 is 1.90 bits per heavy atom. The predicted molar refractivity (Wildman–Crippen MR) is 71.9 cm³/mol. The van der Waals surface area contributed by atoms with Crippen LogP contribution in [0.5, 0.6) is 0 Å².